The Bertz CT molecular complexity index is 211. The molecule has 1 fully saturated rings. The normalized spacial score (nSPS) is 16.6. The summed E-state index contributed by atoms with van der Waals surface area (Å²) in [6.07, 6.45) is 0. The van der Waals surface area contributed by atoms with E-state index in [2.05, 4.69) is 5.32 Å². The van der Waals surface area contributed by atoms with Gasteiger partial charge < -0.3 is 15.3 Å². The molecule has 1 aliphatic rings. The monoisotopic (exact) mass is 186 g/mol. The second-order valence-electron chi connectivity index (χ2n) is 3.26. The SMILES string of the molecule is CC(=O)NCC1CN(C(=O)CO)C1. The number of aliphatic hydroxyl groups is 1. The lowest BCUT2D eigenvalue weighted by molar-refractivity contribution is -0.140. The maximum Gasteiger partial charge on any atom is 0.248 e. The molecule has 0 spiro atoms. The van der Waals surface area contributed by atoms with Gasteiger partial charge in [-0.05, 0) is 0 Å². The number of hydrogen-bond donors (Lipinski definition) is 2. The topological polar surface area (TPSA) is 69.6 Å². The smallest absolute Gasteiger partial charge is 0.248 e. The Labute approximate surface area is 76.7 Å². The van der Waals surface area contributed by atoms with Crippen LogP contribution in [0.1, 0.15) is 6.92 Å². The molecular formula is C8H14N2O3. The Morgan fingerprint density at radius 1 is 1.54 bits per heavy atom. The lowest BCUT2D eigenvalue weighted by atomic mass is 10.0. The van der Waals surface area contributed by atoms with Gasteiger partial charge in [0.05, 0.1) is 0 Å². The number of nitrogens with zero attached hydrogens (tertiary/aromatic N) is 1. The molecule has 1 heterocycles. The zero-order chi connectivity index (χ0) is 9.84. The van der Waals surface area contributed by atoms with E-state index in [1.807, 2.05) is 0 Å². The van der Waals surface area contributed by atoms with Crippen LogP contribution in [0.5, 0.6) is 0 Å². The van der Waals surface area contributed by atoms with Crippen molar-refractivity contribution in [3.8, 4) is 0 Å². The fourth-order valence-corrected chi connectivity index (χ4v) is 1.29. The molecule has 0 unspecified atom stereocenters. The number of likely N-dealkylation sites (tertiary alicyclic amines) is 1. The lowest BCUT2D eigenvalue weighted by Crippen LogP contribution is -2.54. The fraction of sp³-hybridized carbons (Fsp3) is 0.750. The van der Waals surface area contributed by atoms with Crippen LogP contribution in [-0.2, 0) is 9.59 Å². The third-order valence-electron chi connectivity index (χ3n) is 2.08. The zero-order valence-electron chi connectivity index (χ0n) is 7.62. The summed E-state index contributed by atoms with van der Waals surface area (Å²) in [5.74, 6) is 0.0606. The molecule has 1 saturated heterocycles. The van der Waals surface area contributed by atoms with Gasteiger partial charge in [0, 0.05) is 32.5 Å². The Morgan fingerprint density at radius 3 is 2.62 bits per heavy atom. The third-order valence-corrected chi connectivity index (χ3v) is 2.08. The van der Waals surface area contributed by atoms with Crippen LogP contribution in [0.25, 0.3) is 0 Å². The number of hydrogen-bond acceptors (Lipinski definition) is 3. The molecule has 2 amide bonds. The van der Waals surface area contributed by atoms with Gasteiger partial charge in [0.1, 0.15) is 6.61 Å². The van der Waals surface area contributed by atoms with Crippen molar-refractivity contribution in [1.82, 2.24) is 10.2 Å². The second-order valence-corrected chi connectivity index (χ2v) is 3.26. The molecule has 0 aliphatic carbocycles. The highest BCUT2D eigenvalue weighted by Crippen LogP contribution is 2.13. The molecule has 0 aromatic heterocycles. The minimum absolute atomic E-state index is 0.0491. The van der Waals surface area contributed by atoms with E-state index < -0.39 is 6.61 Å². The highest BCUT2D eigenvalue weighted by Gasteiger charge is 2.29. The average molecular weight is 186 g/mol. The summed E-state index contributed by atoms with van der Waals surface area (Å²) >= 11 is 0. The van der Waals surface area contributed by atoms with Gasteiger partial charge in [-0.15, -0.1) is 0 Å². The van der Waals surface area contributed by atoms with Gasteiger partial charge in [0.15, 0.2) is 0 Å². The average Bonchev–Trinajstić information content (AvgIpc) is 2.00. The van der Waals surface area contributed by atoms with Crippen molar-refractivity contribution in [2.45, 2.75) is 6.92 Å². The number of aliphatic hydroxyl groups excluding tert-OH is 1. The molecule has 0 atom stereocenters. The first-order valence-corrected chi connectivity index (χ1v) is 4.26. The largest absolute Gasteiger partial charge is 0.387 e. The summed E-state index contributed by atoms with van der Waals surface area (Å²) in [4.78, 5) is 23.0. The summed E-state index contributed by atoms with van der Waals surface area (Å²) in [6, 6.07) is 0. The predicted molar refractivity (Wildman–Crippen MR) is 45.8 cm³/mol. The van der Waals surface area contributed by atoms with E-state index in [4.69, 9.17) is 5.11 Å². The molecule has 0 saturated carbocycles. The highest BCUT2D eigenvalue weighted by molar-refractivity contribution is 5.78. The highest BCUT2D eigenvalue weighted by atomic mass is 16.3. The van der Waals surface area contributed by atoms with Crippen molar-refractivity contribution in [2.24, 2.45) is 5.92 Å². The van der Waals surface area contributed by atoms with Crippen LogP contribution in [0.3, 0.4) is 0 Å². The van der Waals surface area contributed by atoms with E-state index in [0.29, 0.717) is 25.6 Å². The lowest BCUT2D eigenvalue weighted by Gasteiger charge is -2.38. The van der Waals surface area contributed by atoms with Gasteiger partial charge in [0.2, 0.25) is 11.8 Å². The van der Waals surface area contributed by atoms with Crippen LogP contribution in [0.2, 0.25) is 0 Å². The van der Waals surface area contributed by atoms with E-state index in [-0.39, 0.29) is 11.8 Å². The molecule has 0 aromatic rings. The van der Waals surface area contributed by atoms with E-state index in [1.165, 1.54) is 6.92 Å². The zero-order valence-corrected chi connectivity index (χ0v) is 7.62. The van der Waals surface area contributed by atoms with Crippen LogP contribution < -0.4 is 5.32 Å². The molecule has 13 heavy (non-hydrogen) atoms. The van der Waals surface area contributed by atoms with Crippen molar-refractivity contribution in [3.05, 3.63) is 0 Å². The molecule has 0 aromatic carbocycles. The summed E-state index contributed by atoms with van der Waals surface area (Å²) in [7, 11) is 0. The van der Waals surface area contributed by atoms with Gasteiger partial charge in [0.25, 0.3) is 0 Å². The van der Waals surface area contributed by atoms with Crippen LogP contribution in [0, 0.1) is 5.92 Å². The predicted octanol–water partition coefficient (Wildman–Crippen LogP) is -1.43. The Kier molecular flexibility index (Phi) is 3.25. The van der Waals surface area contributed by atoms with Crippen LogP contribution in [0.15, 0.2) is 0 Å². The molecule has 0 bridgehead atoms. The quantitative estimate of drug-likeness (QED) is 0.568. The fourth-order valence-electron chi connectivity index (χ4n) is 1.29. The van der Waals surface area contributed by atoms with Gasteiger partial charge in [-0.25, -0.2) is 0 Å². The summed E-state index contributed by atoms with van der Waals surface area (Å²) in [5, 5.41) is 11.2. The van der Waals surface area contributed by atoms with Crippen LogP contribution >= 0.6 is 0 Å². The summed E-state index contributed by atoms with van der Waals surface area (Å²) in [6.45, 7) is 2.94. The van der Waals surface area contributed by atoms with Crippen molar-refractivity contribution in [1.29, 1.82) is 0 Å². The van der Waals surface area contributed by atoms with E-state index in [9.17, 15) is 9.59 Å². The van der Waals surface area contributed by atoms with Crippen LogP contribution in [-0.4, -0.2) is 48.1 Å². The van der Waals surface area contributed by atoms with Gasteiger partial charge in [-0.2, -0.15) is 0 Å². The first kappa shape index (κ1) is 9.98. The maximum absolute atomic E-state index is 10.9. The molecule has 1 aliphatic heterocycles. The Hall–Kier alpha value is -1.10. The number of carbonyl (C=O) groups is 2. The number of carbonyl (C=O) groups excluding carboxylic acids is 2. The standard InChI is InChI=1S/C8H14N2O3/c1-6(12)9-2-7-3-10(4-7)8(13)5-11/h7,11H,2-5H2,1H3,(H,9,12). The third kappa shape index (κ3) is 2.69. The summed E-state index contributed by atoms with van der Waals surface area (Å²) in [5.41, 5.74) is 0. The molecule has 74 valence electrons. The summed E-state index contributed by atoms with van der Waals surface area (Å²) < 4.78 is 0. The van der Waals surface area contributed by atoms with E-state index in [1.54, 1.807) is 4.90 Å². The Morgan fingerprint density at radius 2 is 2.15 bits per heavy atom. The molecule has 5 nitrogen and oxygen atoms in total. The first-order chi connectivity index (χ1) is 6.13. The Balaban J connectivity index is 2.11. The van der Waals surface area contributed by atoms with Crippen molar-refractivity contribution < 1.29 is 14.7 Å². The minimum Gasteiger partial charge on any atom is -0.387 e. The van der Waals surface area contributed by atoms with Crippen molar-refractivity contribution in [3.63, 3.8) is 0 Å². The van der Waals surface area contributed by atoms with Crippen molar-refractivity contribution >= 4 is 11.8 Å². The van der Waals surface area contributed by atoms with Crippen molar-refractivity contribution in [2.75, 3.05) is 26.2 Å². The van der Waals surface area contributed by atoms with E-state index in [0.717, 1.165) is 0 Å². The van der Waals surface area contributed by atoms with Crippen LogP contribution in [0.4, 0.5) is 0 Å². The second kappa shape index (κ2) is 4.23. The van der Waals surface area contributed by atoms with E-state index >= 15 is 0 Å². The number of rotatable bonds is 3. The molecule has 1 rings (SSSR count). The van der Waals surface area contributed by atoms with Gasteiger partial charge in [-0.1, -0.05) is 0 Å². The molecule has 0 radical (unpaired) electrons. The number of nitrogens with one attached hydrogen (secondary N) is 1. The first-order valence-electron chi connectivity index (χ1n) is 4.26. The molecular weight excluding hydrogens is 172 g/mol. The number of amides is 2. The molecule has 5 heteroatoms. The molecule has 2 N–H and O–H groups in total. The minimum atomic E-state index is -0.424. The van der Waals surface area contributed by atoms with Gasteiger partial charge >= 0.3 is 0 Å². The van der Waals surface area contributed by atoms with Gasteiger partial charge in [-0.3, -0.25) is 9.59 Å². The maximum atomic E-state index is 10.9.